The van der Waals surface area contributed by atoms with E-state index in [4.69, 9.17) is 9.47 Å². The van der Waals surface area contributed by atoms with Crippen LogP contribution in [-0.2, 0) is 6.42 Å². The van der Waals surface area contributed by atoms with Gasteiger partial charge in [-0.05, 0) is 78.6 Å². The van der Waals surface area contributed by atoms with E-state index in [1.54, 1.807) is 44.7 Å². The van der Waals surface area contributed by atoms with Crippen LogP contribution in [0.15, 0.2) is 71.8 Å². The lowest BCUT2D eigenvalue weighted by Gasteiger charge is -2.05. The molecule has 1 aromatic heterocycles. The van der Waals surface area contributed by atoms with Gasteiger partial charge in [-0.2, -0.15) is 5.10 Å². The van der Waals surface area contributed by atoms with Gasteiger partial charge in [0.05, 0.1) is 26.1 Å². The van der Waals surface area contributed by atoms with Gasteiger partial charge in [-0.3, -0.25) is 4.79 Å². The Hall–Kier alpha value is -4.06. The molecule has 0 unspecified atom stereocenters. The number of benzene rings is 3. The third kappa shape index (κ3) is 5.12. The lowest BCUT2D eigenvalue weighted by Crippen LogP contribution is -2.17. The molecule has 174 valence electrons. The number of unbranched alkanes of at least 4 members (excludes halogenated alkanes) is 1. The Kier molecular flexibility index (Phi) is 7.28. The molecule has 6 nitrogen and oxygen atoms in total. The van der Waals surface area contributed by atoms with Crippen molar-refractivity contribution in [1.29, 1.82) is 0 Å². The molecule has 1 amide bonds. The number of carbonyl (C=O) groups is 1. The van der Waals surface area contributed by atoms with Crippen LogP contribution < -0.4 is 14.9 Å². The number of methoxy groups -OCH3 is 2. The van der Waals surface area contributed by atoms with Gasteiger partial charge in [0, 0.05) is 22.0 Å². The van der Waals surface area contributed by atoms with Crippen LogP contribution >= 0.6 is 0 Å². The summed E-state index contributed by atoms with van der Waals surface area (Å²) < 4.78 is 10.5. The van der Waals surface area contributed by atoms with Gasteiger partial charge in [0.2, 0.25) is 0 Å². The Balaban J connectivity index is 1.69. The average molecular weight is 456 g/mol. The Morgan fingerprint density at radius 3 is 2.53 bits per heavy atom. The van der Waals surface area contributed by atoms with Crippen molar-refractivity contribution < 1.29 is 14.3 Å². The number of aromatic amines is 1. The standard InChI is InChI=1S/C28H29N3O3/c1-4-5-7-19-10-15-26-24(16-19)25(27(30-26)20-11-13-22(33-2)14-12-20)18-29-31-28(32)21-8-6-9-23(17-21)34-3/h6,8-18,30H,4-5,7H2,1-3H3,(H,31,32)/b29-18+. The molecule has 4 rings (SSSR count). The van der Waals surface area contributed by atoms with E-state index in [0.29, 0.717) is 11.3 Å². The normalized spacial score (nSPS) is 11.1. The van der Waals surface area contributed by atoms with Gasteiger partial charge >= 0.3 is 0 Å². The summed E-state index contributed by atoms with van der Waals surface area (Å²) in [5, 5.41) is 5.37. The van der Waals surface area contributed by atoms with E-state index in [-0.39, 0.29) is 5.91 Å². The first-order valence-corrected chi connectivity index (χ1v) is 11.4. The Labute approximate surface area is 199 Å². The summed E-state index contributed by atoms with van der Waals surface area (Å²) in [5.74, 6) is 1.11. The van der Waals surface area contributed by atoms with Crippen molar-refractivity contribution in [3.05, 3.63) is 83.4 Å². The molecule has 0 spiro atoms. The number of ether oxygens (including phenoxy) is 2. The van der Waals surface area contributed by atoms with E-state index in [9.17, 15) is 4.79 Å². The highest BCUT2D eigenvalue weighted by Gasteiger charge is 2.13. The smallest absolute Gasteiger partial charge is 0.271 e. The molecule has 1 heterocycles. The summed E-state index contributed by atoms with van der Waals surface area (Å²) in [6.45, 7) is 2.19. The number of hydrazone groups is 1. The van der Waals surface area contributed by atoms with Crippen LogP contribution in [0.2, 0.25) is 0 Å². The number of fused-ring (bicyclic) bond motifs is 1. The van der Waals surface area contributed by atoms with E-state index in [2.05, 4.69) is 40.6 Å². The van der Waals surface area contributed by atoms with Crippen molar-refractivity contribution in [3.63, 3.8) is 0 Å². The molecule has 0 aliphatic rings. The molecule has 0 aliphatic heterocycles. The highest BCUT2D eigenvalue weighted by Crippen LogP contribution is 2.31. The minimum atomic E-state index is -0.301. The zero-order chi connectivity index (χ0) is 23.9. The number of amides is 1. The van der Waals surface area contributed by atoms with Gasteiger partial charge < -0.3 is 14.5 Å². The summed E-state index contributed by atoms with van der Waals surface area (Å²) in [5.41, 5.74) is 8.28. The van der Waals surface area contributed by atoms with E-state index in [1.165, 1.54) is 5.56 Å². The first kappa shape index (κ1) is 23.1. The summed E-state index contributed by atoms with van der Waals surface area (Å²) in [6.07, 6.45) is 5.02. The maximum Gasteiger partial charge on any atom is 0.271 e. The number of nitrogens with zero attached hydrogens (tertiary/aromatic N) is 1. The van der Waals surface area contributed by atoms with Crippen LogP contribution in [-0.4, -0.2) is 31.3 Å². The molecule has 34 heavy (non-hydrogen) atoms. The first-order valence-electron chi connectivity index (χ1n) is 11.4. The zero-order valence-corrected chi connectivity index (χ0v) is 19.7. The van der Waals surface area contributed by atoms with Crippen molar-refractivity contribution in [2.45, 2.75) is 26.2 Å². The fourth-order valence-electron chi connectivity index (χ4n) is 3.90. The van der Waals surface area contributed by atoms with Gasteiger partial charge in [-0.15, -0.1) is 0 Å². The zero-order valence-electron chi connectivity index (χ0n) is 19.7. The Morgan fingerprint density at radius 1 is 1.00 bits per heavy atom. The first-order chi connectivity index (χ1) is 16.6. The summed E-state index contributed by atoms with van der Waals surface area (Å²) in [4.78, 5) is 16.1. The van der Waals surface area contributed by atoms with Gasteiger partial charge in [0.25, 0.3) is 5.91 Å². The van der Waals surface area contributed by atoms with E-state index >= 15 is 0 Å². The third-order valence-electron chi connectivity index (χ3n) is 5.79. The average Bonchev–Trinajstić information content (AvgIpc) is 3.25. The van der Waals surface area contributed by atoms with Crippen molar-refractivity contribution in [1.82, 2.24) is 10.4 Å². The maximum atomic E-state index is 12.6. The Bertz CT molecular complexity index is 1310. The highest BCUT2D eigenvalue weighted by atomic mass is 16.5. The topological polar surface area (TPSA) is 75.7 Å². The summed E-state index contributed by atoms with van der Waals surface area (Å²) >= 11 is 0. The lowest BCUT2D eigenvalue weighted by atomic mass is 10.0. The van der Waals surface area contributed by atoms with Crippen LogP contribution in [0.5, 0.6) is 11.5 Å². The van der Waals surface area contributed by atoms with Crippen molar-refractivity contribution in [3.8, 4) is 22.8 Å². The van der Waals surface area contributed by atoms with Crippen molar-refractivity contribution in [2.75, 3.05) is 14.2 Å². The third-order valence-corrected chi connectivity index (χ3v) is 5.79. The molecule has 0 atom stereocenters. The van der Waals surface area contributed by atoms with Crippen LogP contribution in [0, 0.1) is 0 Å². The summed E-state index contributed by atoms with van der Waals surface area (Å²) in [6, 6.07) is 21.3. The van der Waals surface area contributed by atoms with Crippen LogP contribution in [0.4, 0.5) is 0 Å². The molecule has 0 aliphatic carbocycles. The van der Waals surface area contributed by atoms with Crippen molar-refractivity contribution >= 4 is 23.0 Å². The fraction of sp³-hybridized carbons (Fsp3) is 0.214. The number of H-pyrrole nitrogens is 1. The highest BCUT2D eigenvalue weighted by molar-refractivity contribution is 6.06. The molecule has 0 saturated carbocycles. The summed E-state index contributed by atoms with van der Waals surface area (Å²) in [7, 11) is 3.22. The van der Waals surface area contributed by atoms with Gasteiger partial charge in [-0.25, -0.2) is 5.43 Å². The van der Waals surface area contributed by atoms with Gasteiger partial charge in [0.15, 0.2) is 0 Å². The quantitative estimate of drug-likeness (QED) is 0.242. The van der Waals surface area contributed by atoms with Crippen LogP contribution in [0.3, 0.4) is 0 Å². The second-order valence-electron chi connectivity index (χ2n) is 8.06. The number of rotatable bonds is 9. The van der Waals surface area contributed by atoms with Crippen LogP contribution in [0.25, 0.3) is 22.2 Å². The number of nitrogens with one attached hydrogen (secondary N) is 2. The Morgan fingerprint density at radius 2 is 1.79 bits per heavy atom. The molecular weight excluding hydrogens is 426 g/mol. The second-order valence-corrected chi connectivity index (χ2v) is 8.06. The number of hydrogen-bond donors (Lipinski definition) is 2. The number of hydrogen-bond acceptors (Lipinski definition) is 4. The molecular formula is C28H29N3O3. The molecule has 0 fully saturated rings. The second kappa shape index (κ2) is 10.7. The maximum absolute atomic E-state index is 12.6. The number of aromatic nitrogens is 1. The largest absolute Gasteiger partial charge is 0.497 e. The molecule has 0 bridgehead atoms. The number of aryl methyl sites for hydroxylation is 1. The molecule has 2 N–H and O–H groups in total. The van der Waals surface area contributed by atoms with Crippen LogP contribution in [0.1, 0.15) is 41.3 Å². The SMILES string of the molecule is CCCCc1ccc2[nH]c(-c3ccc(OC)cc3)c(/C=N/NC(=O)c3cccc(OC)c3)c2c1. The molecule has 0 radical (unpaired) electrons. The minimum absolute atomic E-state index is 0.301. The molecule has 3 aromatic carbocycles. The predicted octanol–water partition coefficient (Wildman–Crippen LogP) is 5.96. The monoisotopic (exact) mass is 455 g/mol. The van der Waals surface area contributed by atoms with E-state index in [1.807, 2.05) is 24.3 Å². The number of carbonyl (C=O) groups excluding carboxylic acids is 1. The molecule has 0 saturated heterocycles. The van der Waals surface area contributed by atoms with E-state index in [0.717, 1.165) is 52.7 Å². The molecule has 6 heteroatoms. The van der Waals surface area contributed by atoms with Crippen molar-refractivity contribution in [2.24, 2.45) is 5.10 Å². The fourth-order valence-corrected chi connectivity index (χ4v) is 3.90. The lowest BCUT2D eigenvalue weighted by molar-refractivity contribution is 0.0955. The van der Waals surface area contributed by atoms with Gasteiger partial charge in [0.1, 0.15) is 11.5 Å². The van der Waals surface area contributed by atoms with Gasteiger partial charge in [-0.1, -0.05) is 25.5 Å². The molecule has 4 aromatic rings. The minimum Gasteiger partial charge on any atom is -0.497 e. The van der Waals surface area contributed by atoms with E-state index < -0.39 is 0 Å². The predicted molar refractivity (Wildman–Crippen MR) is 137 cm³/mol.